The van der Waals surface area contributed by atoms with E-state index in [1.165, 1.54) is 76.1 Å². The maximum atomic E-state index is 11.4. The van der Waals surface area contributed by atoms with E-state index in [1.807, 2.05) is 6.07 Å². The van der Waals surface area contributed by atoms with Crippen LogP contribution in [-0.2, 0) is 11.2 Å². The van der Waals surface area contributed by atoms with Crippen molar-refractivity contribution in [2.24, 2.45) is 11.8 Å². The van der Waals surface area contributed by atoms with Crippen molar-refractivity contribution >= 4 is 16.9 Å². The number of hydrogen-bond acceptors (Lipinski definition) is 2. The SMILES string of the molecule is O=C(O)Cc1cn(C2CC3CCC[C@H](C2)N3C2C[C@H]3CCC[C@@H](C2)C3)c2ccccc12. The quantitative estimate of drug-likeness (QED) is 0.680. The van der Waals surface area contributed by atoms with Gasteiger partial charge in [0.05, 0.1) is 6.42 Å². The summed E-state index contributed by atoms with van der Waals surface area (Å²) in [4.78, 5) is 14.5. The number of carbonyl (C=O) groups is 1. The number of hydrogen-bond donors (Lipinski definition) is 1. The van der Waals surface area contributed by atoms with Crippen molar-refractivity contribution in [2.45, 2.75) is 101 Å². The lowest BCUT2D eigenvalue weighted by molar-refractivity contribution is -0.136. The van der Waals surface area contributed by atoms with Crippen LogP contribution in [0.25, 0.3) is 10.9 Å². The van der Waals surface area contributed by atoms with Gasteiger partial charge >= 0.3 is 5.97 Å². The number of carboxylic acids is 1. The van der Waals surface area contributed by atoms with Crippen LogP contribution in [0.3, 0.4) is 0 Å². The van der Waals surface area contributed by atoms with Gasteiger partial charge in [-0.15, -0.1) is 0 Å². The maximum Gasteiger partial charge on any atom is 0.307 e. The molecule has 0 radical (unpaired) electrons. The minimum atomic E-state index is -0.738. The molecule has 3 heterocycles. The summed E-state index contributed by atoms with van der Waals surface area (Å²) in [5.41, 5.74) is 2.19. The van der Waals surface area contributed by atoms with Gasteiger partial charge in [0.25, 0.3) is 0 Å². The monoisotopic (exact) mass is 420 g/mol. The summed E-state index contributed by atoms with van der Waals surface area (Å²) in [6, 6.07) is 11.2. The zero-order valence-electron chi connectivity index (χ0n) is 18.6. The number of fused-ring (bicyclic) bond motifs is 5. The van der Waals surface area contributed by atoms with E-state index in [1.54, 1.807) is 0 Å². The second kappa shape index (κ2) is 7.95. The molecule has 4 heteroatoms. The lowest BCUT2D eigenvalue weighted by atomic mass is 9.68. The zero-order chi connectivity index (χ0) is 20.9. The number of benzene rings is 1. The van der Waals surface area contributed by atoms with Crippen LogP contribution in [0, 0.1) is 11.8 Å². The van der Waals surface area contributed by atoms with Gasteiger partial charge in [0.15, 0.2) is 0 Å². The van der Waals surface area contributed by atoms with E-state index in [-0.39, 0.29) is 6.42 Å². The summed E-state index contributed by atoms with van der Waals surface area (Å²) >= 11 is 0. The highest BCUT2D eigenvalue weighted by Gasteiger charge is 2.45. The van der Waals surface area contributed by atoms with E-state index in [0.717, 1.165) is 28.8 Å². The lowest BCUT2D eigenvalue weighted by Crippen LogP contribution is -2.58. The molecule has 1 aromatic heterocycles. The van der Waals surface area contributed by atoms with Crippen LogP contribution in [0.5, 0.6) is 0 Å². The first-order valence-corrected chi connectivity index (χ1v) is 12.7. The predicted molar refractivity (Wildman–Crippen MR) is 123 cm³/mol. The van der Waals surface area contributed by atoms with E-state index in [9.17, 15) is 9.90 Å². The van der Waals surface area contributed by atoms with E-state index in [4.69, 9.17) is 0 Å². The van der Waals surface area contributed by atoms with Crippen molar-refractivity contribution in [1.29, 1.82) is 0 Å². The number of nitrogens with zero attached hydrogens (tertiary/aromatic N) is 2. The Morgan fingerprint density at radius 3 is 2.23 bits per heavy atom. The summed E-state index contributed by atoms with van der Waals surface area (Å²) in [6.45, 7) is 0. The van der Waals surface area contributed by atoms with Gasteiger partial charge in [-0.2, -0.15) is 0 Å². The van der Waals surface area contributed by atoms with Crippen LogP contribution in [0.2, 0.25) is 0 Å². The predicted octanol–water partition coefficient (Wildman–Crippen LogP) is 5.80. The first-order chi connectivity index (χ1) is 15.2. The molecule has 0 spiro atoms. The molecule has 2 saturated carbocycles. The third-order valence-electron chi connectivity index (χ3n) is 9.09. The lowest BCUT2D eigenvalue weighted by Gasteiger charge is -2.55. The Morgan fingerprint density at radius 2 is 1.52 bits per heavy atom. The average molecular weight is 421 g/mol. The smallest absolute Gasteiger partial charge is 0.307 e. The third-order valence-corrected chi connectivity index (χ3v) is 9.09. The fourth-order valence-corrected chi connectivity index (χ4v) is 8.04. The molecule has 6 rings (SSSR count). The molecule has 2 aliphatic carbocycles. The second-order valence-electron chi connectivity index (χ2n) is 11.0. The van der Waals surface area contributed by atoms with Crippen LogP contribution in [-0.4, -0.2) is 38.7 Å². The van der Waals surface area contributed by atoms with E-state index in [2.05, 4.69) is 33.9 Å². The van der Waals surface area contributed by atoms with Crippen molar-refractivity contribution in [3.63, 3.8) is 0 Å². The molecular weight excluding hydrogens is 384 g/mol. The van der Waals surface area contributed by atoms with Gasteiger partial charge in [-0.1, -0.05) is 43.9 Å². The summed E-state index contributed by atoms with van der Waals surface area (Å²) in [5.74, 6) is 1.24. The molecule has 3 unspecified atom stereocenters. The molecule has 4 fully saturated rings. The number of para-hydroxylation sites is 1. The van der Waals surface area contributed by atoms with Gasteiger partial charge in [-0.25, -0.2) is 0 Å². The Kier molecular flexibility index (Phi) is 5.09. The fourth-order valence-electron chi connectivity index (χ4n) is 8.04. The standard InChI is InChI=1S/C27H36N2O2/c30-27(31)14-20-17-28(26-10-2-1-9-25(20)26)23-15-21-7-4-8-22(16-23)29(21)24-12-18-5-3-6-19(11-18)13-24/h1-2,9-10,17-19,21-24H,3-8,11-16H2,(H,30,31)/t18-,19+,21-,22?,23?,24?/m1/s1. The topological polar surface area (TPSA) is 45.5 Å². The highest BCUT2D eigenvalue weighted by molar-refractivity contribution is 5.87. The van der Waals surface area contributed by atoms with Crippen molar-refractivity contribution in [2.75, 3.05) is 0 Å². The highest BCUT2D eigenvalue weighted by atomic mass is 16.4. The van der Waals surface area contributed by atoms with Crippen LogP contribution in [0.1, 0.15) is 82.2 Å². The van der Waals surface area contributed by atoms with Gasteiger partial charge in [0.1, 0.15) is 0 Å². The van der Waals surface area contributed by atoms with E-state index >= 15 is 0 Å². The summed E-state index contributed by atoms with van der Waals surface area (Å²) < 4.78 is 2.45. The Labute approximate surface area is 185 Å². The van der Waals surface area contributed by atoms with E-state index in [0.29, 0.717) is 18.1 Å². The number of carboxylic acid groups (broad SMARTS) is 1. The summed E-state index contributed by atoms with van der Waals surface area (Å²) in [7, 11) is 0. The van der Waals surface area contributed by atoms with Crippen molar-refractivity contribution in [3.05, 3.63) is 36.0 Å². The molecule has 1 N–H and O–H groups in total. The Hall–Kier alpha value is -1.81. The Bertz CT molecular complexity index is 939. The van der Waals surface area contributed by atoms with Gasteiger partial charge in [0, 0.05) is 41.3 Å². The summed E-state index contributed by atoms with van der Waals surface area (Å²) in [6.07, 6.45) is 17.6. The van der Waals surface area contributed by atoms with Gasteiger partial charge in [-0.05, 0) is 68.4 Å². The molecule has 1 aromatic carbocycles. The van der Waals surface area contributed by atoms with Gasteiger partial charge in [-0.3, -0.25) is 9.69 Å². The number of aromatic nitrogens is 1. The molecular formula is C27H36N2O2. The molecule has 2 aromatic rings. The third kappa shape index (κ3) is 3.61. The molecule has 4 aliphatic rings. The van der Waals surface area contributed by atoms with Gasteiger partial charge < -0.3 is 9.67 Å². The fraction of sp³-hybridized carbons (Fsp3) is 0.667. The summed E-state index contributed by atoms with van der Waals surface area (Å²) in [5, 5.41) is 10.5. The molecule has 166 valence electrons. The number of piperidine rings is 2. The molecule has 2 aliphatic heterocycles. The first-order valence-electron chi connectivity index (χ1n) is 12.7. The van der Waals surface area contributed by atoms with Crippen LogP contribution >= 0.6 is 0 Å². The van der Waals surface area contributed by atoms with Crippen LogP contribution in [0.15, 0.2) is 30.5 Å². The molecule has 4 bridgehead atoms. The largest absolute Gasteiger partial charge is 0.481 e. The number of rotatable bonds is 4. The van der Waals surface area contributed by atoms with Crippen molar-refractivity contribution < 1.29 is 9.90 Å². The molecule has 6 atom stereocenters. The van der Waals surface area contributed by atoms with Gasteiger partial charge in [0.2, 0.25) is 0 Å². The zero-order valence-corrected chi connectivity index (χ0v) is 18.6. The molecule has 4 nitrogen and oxygen atoms in total. The van der Waals surface area contributed by atoms with E-state index < -0.39 is 5.97 Å². The minimum Gasteiger partial charge on any atom is -0.481 e. The first kappa shape index (κ1) is 19.8. The normalized spacial score (nSPS) is 35.9. The van der Waals surface area contributed by atoms with Crippen molar-refractivity contribution in [3.8, 4) is 0 Å². The van der Waals surface area contributed by atoms with Crippen LogP contribution in [0.4, 0.5) is 0 Å². The highest BCUT2D eigenvalue weighted by Crippen LogP contribution is 2.48. The molecule has 2 saturated heterocycles. The van der Waals surface area contributed by atoms with Crippen LogP contribution < -0.4 is 0 Å². The Balaban J connectivity index is 1.28. The molecule has 0 amide bonds. The van der Waals surface area contributed by atoms with Crippen molar-refractivity contribution in [1.82, 2.24) is 9.47 Å². The minimum absolute atomic E-state index is 0.115. The molecule has 31 heavy (non-hydrogen) atoms. The maximum absolute atomic E-state index is 11.4. The Morgan fingerprint density at radius 1 is 0.839 bits per heavy atom. The second-order valence-corrected chi connectivity index (χ2v) is 11.0. The average Bonchev–Trinajstić information content (AvgIpc) is 3.10. The number of aliphatic carboxylic acids is 1.